The minimum atomic E-state index is -3.65. The highest BCUT2D eigenvalue weighted by molar-refractivity contribution is 7.93. The van der Waals surface area contributed by atoms with Gasteiger partial charge in [-0.05, 0) is 17.9 Å². The summed E-state index contributed by atoms with van der Waals surface area (Å²) in [6, 6.07) is 0. The van der Waals surface area contributed by atoms with Gasteiger partial charge in [0.05, 0.1) is 5.69 Å². The number of nitrogens with two attached hydrogens (primary N) is 1. The van der Waals surface area contributed by atoms with Crippen LogP contribution in [-0.2, 0) is 22.0 Å². The number of nitrogens with zero attached hydrogens (tertiary/aromatic N) is 1. The Balaban J connectivity index is 2.34. The van der Waals surface area contributed by atoms with Crippen LogP contribution < -0.4 is 10.5 Å². The monoisotopic (exact) mass is 345 g/mol. The van der Waals surface area contributed by atoms with Crippen molar-refractivity contribution < 1.29 is 8.42 Å². The van der Waals surface area contributed by atoms with Crippen LogP contribution >= 0.6 is 22.7 Å². The van der Waals surface area contributed by atoms with Gasteiger partial charge in [-0.15, -0.1) is 22.7 Å². The molecule has 0 aromatic carbocycles. The molecule has 0 bridgehead atoms. The molecule has 2 aromatic heterocycles. The maximum atomic E-state index is 12.5. The Morgan fingerprint density at radius 1 is 1.29 bits per heavy atom. The maximum absolute atomic E-state index is 12.5. The van der Waals surface area contributed by atoms with Gasteiger partial charge in [-0.2, -0.15) is 0 Å². The molecule has 0 aliphatic carbocycles. The number of hydrogen-bond acceptors (Lipinski definition) is 6. The zero-order valence-electron chi connectivity index (χ0n) is 12.4. The summed E-state index contributed by atoms with van der Waals surface area (Å²) < 4.78 is 27.6. The first-order chi connectivity index (χ1) is 9.65. The number of aryl methyl sites for hydroxylation is 1. The Kier molecular flexibility index (Phi) is 4.44. The number of anilines is 1. The Morgan fingerprint density at radius 3 is 2.48 bits per heavy atom. The molecule has 5 nitrogen and oxygen atoms in total. The first-order valence-corrected chi connectivity index (χ1v) is 9.65. The fourth-order valence-corrected chi connectivity index (χ4v) is 5.71. The minimum absolute atomic E-state index is 0.110. The smallest absolute Gasteiger partial charge is 0.265 e. The molecule has 2 aromatic rings. The molecule has 8 heteroatoms. The third-order valence-electron chi connectivity index (χ3n) is 2.94. The highest BCUT2D eigenvalue weighted by atomic mass is 32.2. The lowest BCUT2D eigenvalue weighted by atomic mass is 9.93. The van der Waals surface area contributed by atoms with Crippen LogP contribution in [0.3, 0.4) is 0 Å². The molecule has 0 radical (unpaired) electrons. The van der Waals surface area contributed by atoms with Gasteiger partial charge in [0, 0.05) is 22.2 Å². The van der Waals surface area contributed by atoms with E-state index in [4.69, 9.17) is 5.73 Å². The first-order valence-electron chi connectivity index (χ1n) is 6.41. The van der Waals surface area contributed by atoms with Gasteiger partial charge in [0.25, 0.3) is 10.0 Å². The highest BCUT2D eigenvalue weighted by Crippen LogP contribution is 2.31. The second kappa shape index (κ2) is 5.68. The third kappa shape index (κ3) is 3.45. The van der Waals surface area contributed by atoms with Crippen molar-refractivity contribution in [3.05, 3.63) is 26.9 Å². The molecule has 0 spiro atoms. The third-order valence-corrected chi connectivity index (χ3v) is 6.65. The van der Waals surface area contributed by atoms with Crippen molar-refractivity contribution in [3.63, 3.8) is 0 Å². The van der Waals surface area contributed by atoms with Crippen LogP contribution in [0, 0.1) is 6.92 Å². The standard InChI is InChI=1S/C13H19N3O2S3/c1-8-6-19-9(5-14)11(8)21(17,18)16-12-15-10(7-20-12)13(2,3)4/h6-7H,5,14H2,1-4H3,(H,15,16). The predicted molar refractivity (Wildman–Crippen MR) is 88.6 cm³/mol. The van der Waals surface area contributed by atoms with Gasteiger partial charge in [-0.1, -0.05) is 20.8 Å². The summed E-state index contributed by atoms with van der Waals surface area (Å²) in [5.74, 6) is 0. The Hall–Kier alpha value is -0.960. The first kappa shape index (κ1) is 16.4. The zero-order valence-corrected chi connectivity index (χ0v) is 14.9. The minimum Gasteiger partial charge on any atom is -0.326 e. The SMILES string of the molecule is Cc1csc(CN)c1S(=O)(=O)Nc1nc(C(C)(C)C)cs1. The number of aromatic nitrogens is 1. The van der Waals surface area contributed by atoms with Crippen molar-refractivity contribution >= 4 is 37.8 Å². The fraction of sp³-hybridized carbons (Fsp3) is 0.462. The molecular weight excluding hydrogens is 326 g/mol. The molecule has 0 saturated heterocycles. The van der Waals surface area contributed by atoms with Crippen LogP contribution in [0.1, 0.15) is 36.9 Å². The number of nitrogens with one attached hydrogen (secondary N) is 1. The van der Waals surface area contributed by atoms with Crippen LogP contribution in [0.15, 0.2) is 15.7 Å². The van der Waals surface area contributed by atoms with Crippen molar-refractivity contribution in [1.29, 1.82) is 0 Å². The van der Waals surface area contributed by atoms with Crippen molar-refractivity contribution in [2.75, 3.05) is 4.72 Å². The number of sulfonamides is 1. The lowest BCUT2D eigenvalue weighted by Crippen LogP contribution is -2.16. The van der Waals surface area contributed by atoms with Gasteiger partial charge < -0.3 is 5.73 Å². The Morgan fingerprint density at radius 2 is 1.95 bits per heavy atom. The van der Waals surface area contributed by atoms with E-state index >= 15 is 0 Å². The normalized spacial score (nSPS) is 12.6. The summed E-state index contributed by atoms with van der Waals surface area (Å²) in [5.41, 5.74) is 7.09. The molecule has 0 atom stereocenters. The molecule has 3 N–H and O–H groups in total. The van der Waals surface area contributed by atoms with Gasteiger partial charge in [-0.3, -0.25) is 4.72 Å². The Labute approximate surface area is 133 Å². The number of thiophene rings is 1. The van der Waals surface area contributed by atoms with Crippen LogP contribution in [0.2, 0.25) is 0 Å². The van der Waals surface area contributed by atoms with Crippen molar-refractivity contribution in [3.8, 4) is 0 Å². The predicted octanol–water partition coefficient (Wildman–Crippen LogP) is 3.07. The van der Waals surface area contributed by atoms with Crippen LogP contribution in [0.4, 0.5) is 5.13 Å². The van der Waals surface area contributed by atoms with Gasteiger partial charge in [0.1, 0.15) is 4.90 Å². The largest absolute Gasteiger partial charge is 0.326 e. The van der Waals surface area contributed by atoms with E-state index in [1.807, 2.05) is 26.2 Å². The van der Waals surface area contributed by atoms with E-state index in [2.05, 4.69) is 9.71 Å². The van der Waals surface area contributed by atoms with Gasteiger partial charge in [-0.25, -0.2) is 13.4 Å². The van der Waals surface area contributed by atoms with E-state index in [1.165, 1.54) is 22.7 Å². The van der Waals surface area contributed by atoms with E-state index in [1.54, 1.807) is 12.3 Å². The van der Waals surface area contributed by atoms with Crippen molar-refractivity contribution in [2.45, 2.75) is 44.6 Å². The van der Waals surface area contributed by atoms with Crippen LogP contribution in [0.25, 0.3) is 0 Å². The van der Waals surface area contributed by atoms with Crippen molar-refractivity contribution in [1.82, 2.24) is 4.98 Å². The fourth-order valence-electron chi connectivity index (χ4n) is 1.82. The van der Waals surface area contributed by atoms with E-state index in [-0.39, 0.29) is 16.9 Å². The summed E-state index contributed by atoms with van der Waals surface area (Å²) in [4.78, 5) is 5.30. The van der Waals surface area contributed by atoms with E-state index < -0.39 is 10.0 Å². The average molecular weight is 346 g/mol. The second-order valence-electron chi connectivity index (χ2n) is 5.77. The van der Waals surface area contributed by atoms with Gasteiger partial charge in [0.15, 0.2) is 5.13 Å². The quantitative estimate of drug-likeness (QED) is 0.892. The molecule has 21 heavy (non-hydrogen) atoms. The summed E-state index contributed by atoms with van der Waals surface area (Å²) in [7, 11) is -3.65. The summed E-state index contributed by atoms with van der Waals surface area (Å²) >= 11 is 2.65. The summed E-state index contributed by atoms with van der Waals surface area (Å²) in [6.07, 6.45) is 0. The van der Waals surface area contributed by atoms with Crippen LogP contribution in [-0.4, -0.2) is 13.4 Å². The van der Waals surface area contributed by atoms with E-state index in [9.17, 15) is 8.42 Å². The zero-order chi connectivity index (χ0) is 15.8. The molecule has 0 aliphatic heterocycles. The molecule has 0 fully saturated rings. The molecule has 0 aliphatic rings. The maximum Gasteiger partial charge on any atom is 0.265 e. The van der Waals surface area contributed by atoms with Crippen LogP contribution in [0.5, 0.6) is 0 Å². The average Bonchev–Trinajstić information content (AvgIpc) is 2.94. The molecular formula is C13H19N3O2S3. The topological polar surface area (TPSA) is 85.1 Å². The molecule has 116 valence electrons. The molecule has 0 unspecified atom stereocenters. The molecule has 2 heterocycles. The molecule has 2 rings (SSSR count). The number of hydrogen-bond donors (Lipinski definition) is 2. The number of thiazole rings is 1. The van der Waals surface area contributed by atoms with Gasteiger partial charge >= 0.3 is 0 Å². The van der Waals surface area contributed by atoms with E-state index in [0.29, 0.717) is 15.6 Å². The lowest BCUT2D eigenvalue weighted by Gasteiger charge is -2.14. The lowest BCUT2D eigenvalue weighted by molar-refractivity contribution is 0.573. The number of rotatable bonds is 4. The molecule has 0 amide bonds. The summed E-state index contributed by atoms with van der Waals surface area (Å²) in [5, 5.41) is 4.06. The van der Waals surface area contributed by atoms with Crippen molar-refractivity contribution in [2.24, 2.45) is 5.73 Å². The van der Waals surface area contributed by atoms with Gasteiger partial charge in [0.2, 0.25) is 0 Å². The Bertz CT molecular complexity index is 739. The highest BCUT2D eigenvalue weighted by Gasteiger charge is 2.25. The molecule has 0 saturated carbocycles. The van der Waals surface area contributed by atoms with E-state index in [0.717, 1.165) is 5.69 Å². The second-order valence-corrected chi connectivity index (χ2v) is 9.21. The summed E-state index contributed by atoms with van der Waals surface area (Å²) in [6.45, 7) is 8.09.